The van der Waals surface area contributed by atoms with Crippen molar-refractivity contribution in [2.75, 3.05) is 39.3 Å². The molecule has 3 nitrogen and oxygen atoms in total. The summed E-state index contributed by atoms with van der Waals surface area (Å²) < 4.78 is 2.61. The Bertz CT molecular complexity index is 782. The van der Waals surface area contributed by atoms with Gasteiger partial charge in [-0.05, 0) is 50.1 Å². The number of alkyl halides is 4. The number of nitrogens with zero attached hydrogens (tertiary/aromatic N) is 2. The van der Waals surface area contributed by atoms with Gasteiger partial charge in [-0.2, -0.15) is 0 Å². The summed E-state index contributed by atoms with van der Waals surface area (Å²) in [4.78, 5) is 4.70. The molecule has 2 aromatic rings. The first kappa shape index (κ1) is 28.7. The lowest BCUT2D eigenvalue weighted by Gasteiger charge is -2.32. The van der Waals surface area contributed by atoms with Crippen molar-refractivity contribution >= 4 is 46.4 Å². The summed E-state index contributed by atoms with van der Waals surface area (Å²) in [6, 6.07) is 15.5. The second-order valence-corrected chi connectivity index (χ2v) is 10.5. The molecule has 0 spiro atoms. The van der Waals surface area contributed by atoms with Gasteiger partial charge in [-0.15, -0.1) is 0 Å². The van der Waals surface area contributed by atoms with E-state index >= 15 is 0 Å². The Labute approximate surface area is 219 Å². The van der Waals surface area contributed by atoms with Crippen LogP contribution in [-0.2, 0) is 26.6 Å². The fourth-order valence-corrected chi connectivity index (χ4v) is 5.31. The number of halogens is 4. The zero-order chi connectivity index (χ0) is 24.5. The number of hydrogen-bond donors (Lipinski definition) is 0. The van der Waals surface area contributed by atoms with Gasteiger partial charge >= 0.3 is 0 Å². The summed E-state index contributed by atoms with van der Waals surface area (Å²) in [5.74, 6) is 0. The van der Waals surface area contributed by atoms with Gasteiger partial charge in [0.15, 0.2) is 0 Å². The van der Waals surface area contributed by atoms with Gasteiger partial charge in [-0.3, -0.25) is 0 Å². The summed E-state index contributed by atoms with van der Waals surface area (Å²) in [5, 5.41) is 0. The van der Waals surface area contributed by atoms with Crippen LogP contribution in [0.2, 0.25) is 0 Å². The van der Waals surface area contributed by atoms with E-state index in [0.717, 1.165) is 63.2 Å². The largest absolute Gasteiger partial charge is 0.304 e. The van der Waals surface area contributed by atoms with Crippen LogP contribution in [0.5, 0.6) is 0 Å². The van der Waals surface area contributed by atoms with E-state index in [0.29, 0.717) is 11.1 Å². The van der Waals surface area contributed by atoms with E-state index in [-0.39, 0.29) is 0 Å². The second kappa shape index (κ2) is 13.5. The SMILES string of the molecule is CCN(CC)CCc1ccccc1C(Cl)(Cl)OC(Cl)(Cl)c1ccccc1CCN(CC)CC. The molecule has 0 heterocycles. The van der Waals surface area contributed by atoms with E-state index in [1.54, 1.807) is 0 Å². The predicted molar refractivity (Wildman–Crippen MR) is 144 cm³/mol. The highest BCUT2D eigenvalue weighted by atomic mass is 35.5. The highest BCUT2D eigenvalue weighted by Crippen LogP contribution is 2.48. The van der Waals surface area contributed by atoms with E-state index in [4.69, 9.17) is 51.1 Å². The number of benzene rings is 2. The lowest BCUT2D eigenvalue weighted by Crippen LogP contribution is -2.30. The van der Waals surface area contributed by atoms with Crippen LogP contribution < -0.4 is 0 Å². The maximum Gasteiger partial charge on any atom is 0.247 e. The minimum Gasteiger partial charge on any atom is -0.304 e. The average molecular weight is 534 g/mol. The van der Waals surface area contributed by atoms with Crippen LogP contribution in [0.1, 0.15) is 49.9 Å². The molecule has 0 N–H and O–H groups in total. The standard InChI is InChI=1S/C26H36Cl4N2O/c1-5-31(6-2)19-17-21-13-9-11-15-23(21)25(27,28)33-26(29,30)24-16-12-10-14-22(24)18-20-32(7-3)8-4/h9-16H,5-8,17-20H2,1-4H3. The molecule has 2 aromatic carbocycles. The van der Waals surface area contributed by atoms with Gasteiger partial charge in [0.05, 0.1) is 0 Å². The van der Waals surface area contributed by atoms with E-state index in [9.17, 15) is 0 Å². The van der Waals surface area contributed by atoms with Crippen LogP contribution in [-0.4, -0.2) is 49.1 Å². The van der Waals surface area contributed by atoms with Gasteiger partial charge in [-0.25, -0.2) is 0 Å². The van der Waals surface area contributed by atoms with Crippen LogP contribution in [0.25, 0.3) is 0 Å². The third-order valence-corrected chi connectivity index (χ3v) is 7.22. The maximum atomic E-state index is 6.76. The lowest BCUT2D eigenvalue weighted by molar-refractivity contribution is 0.0227. The minimum absolute atomic E-state index is 0.659. The summed E-state index contributed by atoms with van der Waals surface area (Å²) in [7, 11) is 0. The number of hydrogen-bond acceptors (Lipinski definition) is 3. The van der Waals surface area contributed by atoms with Gasteiger partial charge in [0.25, 0.3) is 0 Å². The first-order valence-electron chi connectivity index (χ1n) is 11.8. The topological polar surface area (TPSA) is 15.7 Å². The Morgan fingerprint density at radius 2 is 0.939 bits per heavy atom. The third-order valence-electron chi connectivity index (χ3n) is 6.10. The van der Waals surface area contributed by atoms with E-state index in [2.05, 4.69) is 37.5 Å². The smallest absolute Gasteiger partial charge is 0.247 e. The van der Waals surface area contributed by atoms with Crippen molar-refractivity contribution in [1.82, 2.24) is 9.80 Å². The molecule has 0 aliphatic heterocycles. The minimum atomic E-state index is -1.71. The monoisotopic (exact) mass is 532 g/mol. The number of likely N-dealkylation sites (N-methyl/N-ethyl adjacent to an activating group) is 2. The first-order chi connectivity index (χ1) is 15.7. The average Bonchev–Trinajstić information content (AvgIpc) is 2.80. The Balaban J connectivity index is 2.26. The van der Waals surface area contributed by atoms with Crippen LogP contribution in [0.3, 0.4) is 0 Å². The van der Waals surface area contributed by atoms with Gasteiger partial charge in [0.2, 0.25) is 9.04 Å². The van der Waals surface area contributed by atoms with Gasteiger partial charge in [0.1, 0.15) is 0 Å². The molecule has 0 radical (unpaired) electrons. The van der Waals surface area contributed by atoms with Crippen molar-refractivity contribution < 1.29 is 4.74 Å². The summed E-state index contributed by atoms with van der Waals surface area (Å²) in [6.07, 6.45) is 1.58. The maximum absolute atomic E-state index is 6.76. The molecule has 184 valence electrons. The molecule has 33 heavy (non-hydrogen) atoms. The molecule has 0 atom stereocenters. The molecule has 0 amide bonds. The van der Waals surface area contributed by atoms with E-state index in [1.807, 2.05) is 48.5 Å². The Kier molecular flexibility index (Phi) is 11.8. The van der Waals surface area contributed by atoms with E-state index < -0.39 is 9.04 Å². The molecular formula is C26H36Cl4N2O. The zero-order valence-corrected chi connectivity index (χ0v) is 23.1. The van der Waals surface area contributed by atoms with Gasteiger partial charge in [-0.1, -0.05) is 123 Å². The summed E-state index contributed by atoms with van der Waals surface area (Å²) in [6.45, 7) is 14.3. The van der Waals surface area contributed by atoms with Crippen LogP contribution in [0.15, 0.2) is 48.5 Å². The summed E-state index contributed by atoms with van der Waals surface area (Å²) >= 11 is 27.0. The summed E-state index contributed by atoms with van der Waals surface area (Å²) in [5.41, 5.74) is 3.33. The second-order valence-electron chi connectivity index (χ2n) is 8.00. The van der Waals surface area contributed by atoms with Crippen LogP contribution in [0, 0.1) is 0 Å². The van der Waals surface area contributed by atoms with Crippen molar-refractivity contribution in [3.05, 3.63) is 70.8 Å². The van der Waals surface area contributed by atoms with Crippen molar-refractivity contribution in [1.29, 1.82) is 0 Å². The molecule has 0 saturated carbocycles. The molecular weight excluding hydrogens is 498 g/mol. The first-order valence-corrected chi connectivity index (χ1v) is 13.3. The predicted octanol–water partition coefficient (Wildman–Crippen LogP) is 7.35. The molecule has 0 fully saturated rings. The molecule has 0 saturated heterocycles. The van der Waals surface area contributed by atoms with E-state index in [1.165, 1.54) is 0 Å². The zero-order valence-electron chi connectivity index (χ0n) is 20.1. The normalized spacial score (nSPS) is 12.7. The number of rotatable bonds is 14. The van der Waals surface area contributed by atoms with Crippen LogP contribution >= 0.6 is 46.4 Å². The Morgan fingerprint density at radius 3 is 1.27 bits per heavy atom. The van der Waals surface area contributed by atoms with Crippen LogP contribution in [0.4, 0.5) is 0 Å². The molecule has 0 aromatic heterocycles. The van der Waals surface area contributed by atoms with Crippen molar-refractivity contribution in [3.63, 3.8) is 0 Å². The quantitative estimate of drug-likeness (QED) is 0.236. The Morgan fingerprint density at radius 1 is 0.606 bits per heavy atom. The van der Waals surface area contributed by atoms with Gasteiger partial charge < -0.3 is 14.5 Å². The van der Waals surface area contributed by atoms with Crippen molar-refractivity contribution in [2.45, 2.75) is 49.6 Å². The van der Waals surface area contributed by atoms with Crippen molar-refractivity contribution in [2.24, 2.45) is 0 Å². The highest BCUT2D eigenvalue weighted by molar-refractivity contribution is 6.50. The number of ether oxygens (including phenoxy) is 1. The molecule has 7 heteroatoms. The molecule has 0 aliphatic rings. The molecule has 2 rings (SSSR count). The Hall–Kier alpha value is -0.520. The lowest BCUT2D eigenvalue weighted by atomic mass is 10.0. The van der Waals surface area contributed by atoms with Crippen molar-refractivity contribution in [3.8, 4) is 0 Å². The fourth-order valence-electron chi connectivity index (χ4n) is 3.95. The molecule has 0 unspecified atom stereocenters. The molecule has 0 bridgehead atoms. The van der Waals surface area contributed by atoms with Gasteiger partial charge in [0, 0.05) is 24.2 Å². The fraction of sp³-hybridized carbons (Fsp3) is 0.538. The highest BCUT2D eigenvalue weighted by Gasteiger charge is 2.42. The third kappa shape index (κ3) is 8.28. The molecule has 0 aliphatic carbocycles.